The summed E-state index contributed by atoms with van der Waals surface area (Å²) in [5.74, 6) is -0.232. The first-order valence-corrected chi connectivity index (χ1v) is 10.5. The molecular formula is C25H25N5. The molecule has 150 valence electrons. The fourth-order valence-corrected chi connectivity index (χ4v) is 5.41. The van der Waals surface area contributed by atoms with Crippen molar-refractivity contribution in [3.05, 3.63) is 71.0 Å². The Kier molecular flexibility index (Phi) is 5.45. The third kappa shape index (κ3) is 3.21. The second-order valence-corrected chi connectivity index (χ2v) is 8.43. The van der Waals surface area contributed by atoms with Crippen molar-refractivity contribution >= 4 is 0 Å². The van der Waals surface area contributed by atoms with Crippen molar-refractivity contribution in [2.24, 2.45) is 28.9 Å². The summed E-state index contributed by atoms with van der Waals surface area (Å²) >= 11 is 0. The largest absolute Gasteiger partial charge is 0.399 e. The zero-order valence-electron chi connectivity index (χ0n) is 17.0. The van der Waals surface area contributed by atoms with E-state index in [2.05, 4.69) is 53.5 Å². The second kappa shape index (κ2) is 8.19. The van der Waals surface area contributed by atoms with Gasteiger partial charge in [-0.25, -0.2) is 0 Å². The summed E-state index contributed by atoms with van der Waals surface area (Å²) in [5.41, 5.74) is 7.52. The molecule has 0 bridgehead atoms. The lowest BCUT2D eigenvalue weighted by Gasteiger charge is -2.48. The molecule has 0 aromatic heterocycles. The number of nitrogens with zero attached hydrogens (tertiary/aromatic N) is 4. The molecule has 5 nitrogen and oxygen atoms in total. The van der Waals surface area contributed by atoms with Crippen LogP contribution in [-0.4, -0.2) is 18.0 Å². The number of hydrogen-bond donors (Lipinski definition) is 1. The molecule has 0 saturated carbocycles. The number of nitrogens with two attached hydrogens (primary N) is 1. The van der Waals surface area contributed by atoms with Gasteiger partial charge in [0.25, 0.3) is 0 Å². The van der Waals surface area contributed by atoms with Gasteiger partial charge in [-0.3, -0.25) is 4.90 Å². The molecule has 30 heavy (non-hydrogen) atoms. The Labute approximate surface area is 178 Å². The van der Waals surface area contributed by atoms with Crippen LogP contribution in [0.4, 0.5) is 0 Å². The molecular weight excluding hydrogens is 370 g/mol. The summed E-state index contributed by atoms with van der Waals surface area (Å²) in [7, 11) is 0. The Balaban J connectivity index is 1.79. The first-order valence-electron chi connectivity index (χ1n) is 10.5. The molecule has 1 heterocycles. The van der Waals surface area contributed by atoms with Gasteiger partial charge in [-0.05, 0) is 36.3 Å². The molecule has 0 saturated heterocycles. The van der Waals surface area contributed by atoms with E-state index >= 15 is 0 Å². The van der Waals surface area contributed by atoms with Crippen LogP contribution < -0.4 is 5.73 Å². The molecule has 0 fully saturated rings. The van der Waals surface area contributed by atoms with Crippen LogP contribution in [0.25, 0.3) is 0 Å². The van der Waals surface area contributed by atoms with Gasteiger partial charge in [0.1, 0.15) is 6.07 Å². The summed E-state index contributed by atoms with van der Waals surface area (Å²) in [6, 6.07) is 17.0. The first kappa shape index (κ1) is 20.0. The predicted molar refractivity (Wildman–Crippen MR) is 114 cm³/mol. The third-order valence-electron chi connectivity index (χ3n) is 6.81. The number of allylic oxidation sites excluding steroid dienone is 4. The number of fused-ring (bicyclic) bond motifs is 1. The zero-order chi connectivity index (χ0) is 21.1. The molecule has 2 N–H and O–H groups in total. The maximum atomic E-state index is 10.2. The molecule has 3 aliphatic rings. The van der Waals surface area contributed by atoms with Crippen LogP contribution in [0.5, 0.6) is 0 Å². The van der Waals surface area contributed by atoms with Crippen LogP contribution in [0.15, 0.2) is 65.4 Å². The van der Waals surface area contributed by atoms with Gasteiger partial charge >= 0.3 is 0 Å². The molecule has 1 aromatic carbocycles. The summed E-state index contributed by atoms with van der Waals surface area (Å²) in [6.07, 6.45) is 9.40. The lowest BCUT2D eigenvalue weighted by atomic mass is 9.55. The van der Waals surface area contributed by atoms with Crippen LogP contribution in [0.2, 0.25) is 0 Å². The number of hydrogen-bond acceptors (Lipinski definition) is 5. The van der Waals surface area contributed by atoms with Crippen molar-refractivity contribution in [2.45, 2.75) is 25.8 Å². The van der Waals surface area contributed by atoms with E-state index in [0.717, 1.165) is 37.9 Å². The predicted octanol–water partition coefficient (Wildman–Crippen LogP) is 3.80. The Bertz CT molecular complexity index is 1010. The first-order chi connectivity index (χ1) is 14.6. The van der Waals surface area contributed by atoms with Gasteiger partial charge in [0.15, 0.2) is 5.41 Å². The highest BCUT2D eigenvalue weighted by Crippen LogP contribution is 2.53. The van der Waals surface area contributed by atoms with Crippen LogP contribution in [-0.2, 0) is 6.54 Å². The standard InChI is InChI=1S/C25H25N5/c26-13-21-20-11-12-30(14-18-7-3-1-4-8-18)15-22(20)23(19-9-5-2-6-10-19)25(16-27,17-28)24(21)29/h1,3-5,7-9,11,19,22-23H,2,6,10,12,14-15,29H2. The van der Waals surface area contributed by atoms with E-state index in [9.17, 15) is 15.8 Å². The zero-order valence-corrected chi connectivity index (χ0v) is 17.0. The second-order valence-electron chi connectivity index (χ2n) is 8.43. The van der Waals surface area contributed by atoms with Gasteiger partial charge in [0.05, 0.1) is 23.4 Å². The van der Waals surface area contributed by atoms with Gasteiger partial charge in [-0.2, -0.15) is 15.8 Å². The topological polar surface area (TPSA) is 101 Å². The van der Waals surface area contributed by atoms with Crippen LogP contribution in [0.3, 0.4) is 0 Å². The van der Waals surface area contributed by atoms with E-state index in [1.165, 1.54) is 5.56 Å². The Morgan fingerprint density at radius 1 is 1.13 bits per heavy atom. The fourth-order valence-electron chi connectivity index (χ4n) is 5.41. The fraction of sp³-hybridized carbons (Fsp3) is 0.400. The van der Waals surface area contributed by atoms with Gasteiger partial charge in [-0.15, -0.1) is 0 Å². The van der Waals surface area contributed by atoms with Gasteiger partial charge < -0.3 is 5.73 Å². The normalized spacial score (nSPS) is 27.9. The van der Waals surface area contributed by atoms with Crippen molar-refractivity contribution in [1.82, 2.24) is 4.90 Å². The Morgan fingerprint density at radius 3 is 2.53 bits per heavy atom. The van der Waals surface area contributed by atoms with Crippen LogP contribution in [0.1, 0.15) is 24.8 Å². The molecule has 1 aliphatic heterocycles. The van der Waals surface area contributed by atoms with Crippen molar-refractivity contribution in [2.75, 3.05) is 13.1 Å². The minimum absolute atomic E-state index is 0.0727. The van der Waals surface area contributed by atoms with E-state index in [1.807, 2.05) is 18.2 Å². The van der Waals surface area contributed by atoms with E-state index in [0.29, 0.717) is 12.1 Å². The Morgan fingerprint density at radius 2 is 1.90 bits per heavy atom. The lowest BCUT2D eigenvalue weighted by molar-refractivity contribution is 0.124. The van der Waals surface area contributed by atoms with Gasteiger partial charge in [0, 0.05) is 31.5 Å². The highest BCUT2D eigenvalue weighted by molar-refractivity contribution is 5.57. The molecule has 2 aliphatic carbocycles. The summed E-state index contributed by atoms with van der Waals surface area (Å²) < 4.78 is 0. The minimum Gasteiger partial charge on any atom is -0.399 e. The molecule has 4 rings (SSSR count). The average Bonchev–Trinajstić information content (AvgIpc) is 2.80. The van der Waals surface area contributed by atoms with E-state index < -0.39 is 5.41 Å². The van der Waals surface area contributed by atoms with Crippen molar-refractivity contribution < 1.29 is 0 Å². The van der Waals surface area contributed by atoms with Gasteiger partial charge in [-0.1, -0.05) is 48.6 Å². The number of rotatable bonds is 3. The molecule has 3 atom stereocenters. The maximum absolute atomic E-state index is 10.2. The van der Waals surface area contributed by atoms with E-state index in [-0.39, 0.29) is 23.5 Å². The molecule has 3 unspecified atom stereocenters. The molecule has 1 aromatic rings. The van der Waals surface area contributed by atoms with Crippen molar-refractivity contribution in [3.63, 3.8) is 0 Å². The summed E-state index contributed by atoms with van der Waals surface area (Å²) in [4.78, 5) is 2.33. The molecule has 5 heteroatoms. The lowest BCUT2D eigenvalue weighted by Crippen LogP contribution is -2.51. The molecule has 0 spiro atoms. The van der Waals surface area contributed by atoms with Crippen molar-refractivity contribution in [3.8, 4) is 18.2 Å². The van der Waals surface area contributed by atoms with Crippen LogP contribution >= 0.6 is 0 Å². The third-order valence-corrected chi connectivity index (χ3v) is 6.81. The van der Waals surface area contributed by atoms with Gasteiger partial charge in [0.2, 0.25) is 0 Å². The summed E-state index contributed by atoms with van der Waals surface area (Å²) in [5, 5.41) is 30.2. The summed E-state index contributed by atoms with van der Waals surface area (Å²) in [6.45, 7) is 2.22. The monoisotopic (exact) mass is 395 g/mol. The van der Waals surface area contributed by atoms with E-state index in [4.69, 9.17) is 5.73 Å². The average molecular weight is 396 g/mol. The van der Waals surface area contributed by atoms with E-state index in [1.54, 1.807) is 0 Å². The minimum atomic E-state index is -1.48. The van der Waals surface area contributed by atoms with Crippen LogP contribution in [0, 0.1) is 57.2 Å². The highest BCUT2D eigenvalue weighted by atomic mass is 15.1. The molecule has 0 amide bonds. The SMILES string of the molecule is N#CC1=C(N)C(C#N)(C#N)C(C2C=CCCC2)C2CN(Cc3ccccc3)CC=C12. The molecule has 0 radical (unpaired) electrons. The number of benzene rings is 1. The number of nitriles is 3. The quantitative estimate of drug-likeness (QED) is 0.785. The highest BCUT2D eigenvalue weighted by Gasteiger charge is 2.55. The van der Waals surface area contributed by atoms with Crippen molar-refractivity contribution in [1.29, 1.82) is 15.8 Å². The smallest absolute Gasteiger partial charge is 0.187 e. The Hall–Kier alpha value is -3.33. The maximum Gasteiger partial charge on any atom is 0.187 e.